The molecular formula is C43H61N7O4. The van der Waals surface area contributed by atoms with Crippen LogP contribution in [0, 0.1) is 5.92 Å². The number of rotatable bonds is 21. The Labute approximate surface area is 321 Å². The molecule has 0 spiro atoms. The van der Waals surface area contributed by atoms with E-state index >= 15 is 0 Å². The SMILES string of the molecule is CC(C)C[C@@H](NC(=O)[C@@H](Cc1ccccc1)NC(=O)[C@H](N)Cc1ccccc1)C(=O)N[C@H](CCCCN)C(=O)N(C)[C@H](CN1CCCC1)c1ccccc1. The van der Waals surface area contributed by atoms with Gasteiger partial charge in [0.05, 0.1) is 12.1 Å². The molecule has 3 aromatic rings. The summed E-state index contributed by atoms with van der Waals surface area (Å²) in [6, 6.07) is 25.0. The molecule has 4 rings (SSSR count). The molecule has 1 aliphatic rings. The van der Waals surface area contributed by atoms with E-state index in [-0.39, 0.29) is 24.3 Å². The molecular weight excluding hydrogens is 679 g/mol. The maximum absolute atomic E-state index is 14.4. The number of carbonyl (C=O) groups is 4. The molecule has 0 unspecified atom stereocenters. The summed E-state index contributed by atoms with van der Waals surface area (Å²) in [4.78, 5) is 60.1. The smallest absolute Gasteiger partial charge is 0.245 e. The Morgan fingerprint density at radius 2 is 1.22 bits per heavy atom. The second-order valence-corrected chi connectivity index (χ2v) is 15.0. The van der Waals surface area contributed by atoms with E-state index in [1.807, 2.05) is 112 Å². The minimum Gasteiger partial charge on any atom is -0.343 e. The Hall–Kier alpha value is -4.58. The molecule has 7 N–H and O–H groups in total. The number of unbranched alkanes of at least 4 members (excludes halogenated alkanes) is 1. The Morgan fingerprint density at radius 3 is 1.80 bits per heavy atom. The fourth-order valence-corrected chi connectivity index (χ4v) is 7.03. The van der Waals surface area contributed by atoms with E-state index < -0.39 is 41.9 Å². The minimum absolute atomic E-state index is 0.0412. The van der Waals surface area contributed by atoms with Gasteiger partial charge >= 0.3 is 0 Å². The fraction of sp³-hybridized carbons (Fsp3) is 0.488. The van der Waals surface area contributed by atoms with Crippen LogP contribution in [-0.2, 0) is 32.0 Å². The van der Waals surface area contributed by atoms with E-state index in [1.165, 1.54) is 0 Å². The number of benzene rings is 3. The van der Waals surface area contributed by atoms with Gasteiger partial charge in [0.1, 0.15) is 18.1 Å². The van der Waals surface area contributed by atoms with E-state index in [0.717, 1.165) is 42.6 Å². The van der Waals surface area contributed by atoms with Crippen LogP contribution in [0.1, 0.15) is 75.1 Å². The molecule has 11 heteroatoms. The zero-order valence-electron chi connectivity index (χ0n) is 32.3. The minimum atomic E-state index is -0.991. The number of likely N-dealkylation sites (tertiary alicyclic amines) is 1. The van der Waals surface area contributed by atoms with Crippen molar-refractivity contribution in [3.63, 3.8) is 0 Å². The van der Waals surface area contributed by atoms with Gasteiger partial charge in [-0.2, -0.15) is 0 Å². The summed E-state index contributed by atoms with van der Waals surface area (Å²) >= 11 is 0. The van der Waals surface area contributed by atoms with Crippen molar-refractivity contribution in [2.75, 3.05) is 33.2 Å². The zero-order valence-corrected chi connectivity index (χ0v) is 32.3. The van der Waals surface area contributed by atoms with Gasteiger partial charge in [-0.25, -0.2) is 0 Å². The van der Waals surface area contributed by atoms with Crippen molar-refractivity contribution in [1.29, 1.82) is 0 Å². The lowest BCUT2D eigenvalue weighted by Crippen LogP contribution is -2.58. The van der Waals surface area contributed by atoms with Crippen molar-refractivity contribution in [3.8, 4) is 0 Å². The van der Waals surface area contributed by atoms with E-state index in [4.69, 9.17) is 11.5 Å². The molecule has 3 aromatic carbocycles. The van der Waals surface area contributed by atoms with E-state index in [9.17, 15) is 19.2 Å². The van der Waals surface area contributed by atoms with Crippen LogP contribution in [-0.4, -0.2) is 90.8 Å². The first-order valence-electron chi connectivity index (χ1n) is 19.5. The Morgan fingerprint density at radius 1 is 0.704 bits per heavy atom. The highest BCUT2D eigenvalue weighted by atomic mass is 16.2. The molecule has 0 bridgehead atoms. The normalized spacial score (nSPS) is 15.8. The third-order valence-electron chi connectivity index (χ3n) is 10.1. The molecule has 4 amide bonds. The predicted molar refractivity (Wildman–Crippen MR) is 214 cm³/mol. The molecule has 1 saturated heterocycles. The standard InChI is InChI=1S/C43H61N7O4/c1-31(2)27-37(48-42(53)38(29-33-19-9-5-10-20-33)47-40(51)35(45)28-32-17-7-4-8-18-32)41(52)46-36(23-13-14-24-44)43(54)49(3)39(30-50-25-15-16-26-50)34-21-11-6-12-22-34/h4-12,17-22,31,35-39H,13-16,23-30,44-45H2,1-3H3,(H,46,52)(H,47,51)(H,48,53)/t35-,36-,37-,38-,39-/m1/s1. The van der Waals surface area contributed by atoms with Gasteiger partial charge in [-0.15, -0.1) is 0 Å². The van der Waals surface area contributed by atoms with Gasteiger partial charge in [-0.05, 0) is 87.2 Å². The number of carbonyl (C=O) groups excluding carboxylic acids is 4. The molecule has 1 heterocycles. The quantitative estimate of drug-likeness (QED) is 0.104. The highest BCUT2D eigenvalue weighted by Gasteiger charge is 2.34. The Balaban J connectivity index is 1.53. The third-order valence-corrected chi connectivity index (χ3v) is 10.1. The summed E-state index contributed by atoms with van der Waals surface area (Å²) in [6.45, 7) is 7.09. The molecule has 0 saturated carbocycles. The van der Waals surface area contributed by atoms with Crippen molar-refractivity contribution in [3.05, 3.63) is 108 Å². The molecule has 54 heavy (non-hydrogen) atoms. The zero-order chi connectivity index (χ0) is 38.9. The number of nitrogens with zero attached hydrogens (tertiary/aromatic N) is 2. The number of hydrogen-bond donors (Lipinski definition) is 5. The van der Waals surface area contributed by atoms with Gasteiger partial charge in [-0.3, -0.25) is 19.2 Å². The van der Waals surface area contributed by atoms with Crippen LogP contribution >= 0.6 is 0 Å². The molecule has 292 valence electrons. The average Bonchev–Trinajstić information content (AvgIpc) is 3.70. The van der Waals surface area contributed by atoms with Crippen LogP contribution in [0.3, 0.4) is 0 Å². The van der Waals surface area contributed by atoms with Crippen LogP contribution < -0.4 is 27.4 Å². The van der Waals surface area contributed by atoms with E-state index in [1.54, 1.807) is 4.90 Å². The maximum Gasteiger partial charge on any atom is 0.245 e. The van der Waals surface area contributed by atoms with Crippen LogP contribution in [0.15, 0.2) is 91.0 Å². The van der Waals surface area contributed by atoms with Gasteiger partial charge in [-0.1, -0.05) is 105 Å². The van der Waals surface area contributed by atoms with Gasteiger partial charge in [0.25, 0.3) is 0 Å². The number of hydrogen-bond acceptors (Lipinski definition) is 7. The molecule has 5 atom stereocenters. The van der Waals surface area contributed by atoms with Crippen molar-refractivity contribution < 1.29 is 19.2 Å². The first-order valence-corrected chi connectivity index (χ1v) is 19.5. The summed E-state index contributed by atoms with van der Waals surface area (Å²) < 4.78 is 0. The summed E-state index contributed by atoms with van der Waals surface area (Å²) in [5.74, 6) is -1.56. The van der Waals surface area contributed by atoms with E-state index in [2.05, 4.69) is 20.9 Å². The number of amides is 4. The summed E-state index contributed by atoms with van der Waals surface area (Å²) in [5.41, 5.74) is 14.9. The van der Waals surface area contributed by atoms with Crippen LogP contribution in [0.5, 0.6) is 0 Å². The molecule has 1 aliphatic heterocycles. The van der Waals surface area contributed by atoms with Gasteiger partial charge < -0.3 is 37.2 Å². The highest BCUT2D eigenvalue weighted by Crippen LogP contribution is 2.24. The largest absolute Gasteiger partial charge is 0.343 e. The lowest BCUT2D eigenvalue weighted by Gasteiger charge is -2.35. The van der Waals surface area contributed by atoms with Crippen molar-refractivity contribution in [1.82, 2.24) is 25.8 Å². The highest BCUT2D eigenvalue weighted by molar-refractivity contribution is 5.95. The van der Waals surface area contributed by atoms with Crippen LogP contribution in [0.25, 0.3) is 0 Å². The number of likely N-dealkylation sites (N-methyl/N-ethyl adjacent to an activating group) is 1. The first-order chi connectivity index (χ1) is 26.0. The van der Waals surface area contributed by atoms with Crippen molar-refractivity contribution in [2.24, 2.45) is 17.4 Å². The molecule has 0 aliphatic carbocycles. The number of nitrogens with two attached hydrogens (primary N) is 2. The fourth-order valence-electron chi connectivity index (χ4n) is 7.03. The lowest BCUT2D eigenvalue weighted by atomic mass is 9.99. The van der Waals surface area contributed by atoms with Gasteiger partial charge in [0, 0.05) is 20.0 Å². The maximum atomic E-state index is 14.4. The summed E-state index contributed by atoms with van der Waals surface area (Å²) in [5, 5.41) is 8.84. The number of nitrogens with one attached hydrogen (secondary N) is 3. The lowest BCUT2D eigenvalue weighted by molar-refractivity contribution is -0.139. The van der Waals surface area contributed by atoms with Crippen LogP contribution in [0.4, 0.5) is 0 Å². The molecule has 11 nitrogen and oxygen atoms in total. The van der Waals surface area contributed by atoms with Crippen LogP contribution in [0.2, 0.25) is 0 Å². The third kappa shape index (κ3) is 13.4. The summed E-state index contributed by atoms with van der Waals surface area (Å²) in [6.07, 6.45) is 4.88. The molecule has 0 aromatic heterocycles. The van der Waals surface area contributed by atoms with E-state index in [0.29, 0.717) is 45.2 Å². The second kappa shape index (κ2) is 22.0. The van der Waals surface area contributed by atoms with Crippen molar-refractivity contribution >= 4 is 23.6 Å². The molecule has 1 fully saturated rings. The monoisotopic (exact) mass is 739 g/mol. The first kappa shape index (κ1) is 42.2. The van der Waals surface area contributed by atoms with Gasteiger partial charge in [0.2, 0.25) is 23.6 Å². The topological polar surface area (TPSA) is 163 Å². The van der Waals surface area contributed by atoms with Gasteiger partial charge in [0.15, 0.2) is 0 Å². The predicted octanol–water partition coefficient (Wildman–Crippen LogP) is 3.72. The Kier molecular flexibility index (Phi) is 17.1. The molecule has 0 radical (unpaired) electrons. The average molecular weight is 740 g/mol. The van der Waals surface area contributed by atoms with Crippen molar-refractivity contribution in [2.45, 2.75) is 95.4 Å². The Bertz CT molecular complexity index is 1590. The summed E-state index contributed by atoms with van der Waals surface area (Å²) in [7, 11) is 1.81. The second-order valence-electron chi connectivity index (χ2n) is 15.0.